The molecule has 0 fully saturated rings. The van der Waals surface area contributed by atoms with Crippen molar-refractivity contribution in [3.05, 3.63) is 42.2 Å². The van der Waals surface area contributed by atoms with E-state index in [-0.39, 0.29) is 11.5 Å². The lowest BCUT2D eigenvalue weighted by atomic mass is 9.80. The molecule has 1 unspecified atom stereocenters. The van der Waals surface area contributed by atoms with E-state index < -0.39 is 0 Å². The Labute approximate surface area is 127 Å². The third-order valence-electron chi connectivity index (χ3n) is 4.16. The molecule has 1 N–H and O–H groups in total. The zero-order valence-electron chi connectivity index (χ0n) is 13.5. The molecule has 0 spiro atoms. The summed E-state index contributed by atoms with van der Waals surface area (Å²) in [5.41, 5.74) is 2.32. The van der Waals surface area contributed by atoms with Crippen LogP contribution in [0.5, 0.6) is 0 Å². The van der Waals surface area contributed by atoms with Gasteiger partial charge >= 0.3 is 0 Å². The maximum Gasteiger partial charge on any atom is 0.0820 e. The molecular weight excluding hydrogens is 260 g/mol. The molecule has 4 nitrogen and oxygen atoms in total. The number of nitrogens with one attached hydrogen (secondary N) is 1. The first-order chi connectivity index (χ1) is 10.1. The molecule has 0 aliphatic rings. The van der Waals surface area contributed by atoms with Crippen LogP contribution in [0.25, 0.3) is 5.69 Å². The third-order valence-corrected chi connectivity index (χ3v) is 4.16. The van der Waals surface area contributed by atoms with E-state index in [2.05, 4.69) is 55.5 Å². The Kier molecular flexibility index (Phi) is 5.12. The quantitative estimate of drug-likeness (QED) is 0.843. The predicted molar refractivity (Wildman–Crippen MR) is 86.5 cm³/mol. The van der Waals surface area contributed by atoms with Gasteiger partial charge in [-0.15, -0.1) is 5.10 Å². The van der Waals surface area contributed by atoms with Gasteiger partial charge in [0.1, 0.15) is 0 Å². The molecule has 0 saturated heterocycles. The highest BCUT2D eigenvalue weighted by Gasteiger charge is 2.31. The zero-order chi connectivity index (χ0) is 15.3. The van der Waals surface area contributed by atoms with Crippen LogP contribution in [0.2, 0.25) is 0 Å². The average molecular weight is 286 g/mol. The molecule has 0 saturated carbocycles. The fourth-order valence-electron chi connectivity index (χ4n) is 2.48. The highest BCUT2D eigenvalue weighted by Crippen LogP contribution is 2.36. The normalized spacial score (nSPS) is 13.3. The predicted octanol–water partition coefficient (Wildman–Crippen LogP) is 3.74. The lowest BCUT2D eigenvalue weighted by Gasteiger charge is -2.34. The smallest absolute Gasteiger partial charge is 0.0820 e. The van der Waals surface area contributed by atoms with Gasteiger partial charge in [-0.25, -0.2) is 4.68 Å². The monoisotopic (exact) mass is 286 g/mol. The summed E-state index contributed by atoms with van der Waals surface area (Å²) in [6, 6.07) is 10.4. The van der Waals surface area contributed by atoms with Crippen LogP contribution in [0.15, 0.2) is 36.5 Å². The van der Waals surface area contributed by atoms with Crippen LogP contribution in [-0.4, -0.2) is 21.5 Å². The van der Waals surface area contributed by atoms with Gasteiger partial charge in [-0.3, -0.25) is 0 Å². The fraction of sp³-hybridized carbons (Fsp3) is 0.529. The standard InChI is InChI=1S/C17H26N4/c1-5-12-18-16(17(3,4)6-2)15-13-19-20-21(15)14-10-8-7-9-11-14/h7-11,13,16,18H,5-6,12H2,1-4H3. The minimum atomic E-state index is 0.142. The average Bonchev–Trinajstić information content (AvgIpc) is 2.97. The number of hydrogen-bond donors (Lipinski definition) is 1. The zero-order valence-corrected chi connectivity index (χ0v) is 13.5. The highest BCUT2D eigenvalue weighted by molar-refractivity contribution is 5.32. The molecule has 114 valence electrons. The Morgan fingerprint density at radius 2 is 1.90 bits per heavy atom. The van der Waals surface area contributed by atoms with E-state index in [0.717, 1.165) is 30.8 Å². The molecule has 4 heteroatoms. The van der Waals surface area contributed by atoms with E-state index in [1.807, 2.05) is 29.1 Å². The maximum atomic E-state index is 4.29. The van der Waals surface area contributed by atoms with Crippen molar-refractivity contribution in [2.45, 2.75) is 46.6 Å². The van der Waals surface area contributed by atoms with E-state index in [9.17, 15) is 0 Å². The molecule has 0 aliphatic carbocycles. The Morgan fingerprint density at radius 3 is 2.52 bits per heavy atom. The Morgan fingerprint density at radius 1 is 1.19 bits per heavy atom. The van der Waals surface area contributed by atoms with Crippen molar-refractivity contribution in [1.82, 2.24) is 20.3 Å². The van der Waals surface area contributed by atoms with Gasteiger partial charge < -0.3 is 5.32 Å². The van der Waals surface area contributed by atoms with E-state index in [1.165, 1.54) is 0 Å². The first-order valence-electron chi connectivity index (χ1n) is 7.79. The Bertz CT molecular complexity index is 545. The molecule has 1 aromatic carbocycles. The summed E-state index contributed by atoms with van der Waals surface area (Å²) in [4.78, 5) is 0. The van der Waals surface area contributed by atoms with Gasteiger partial charge in [0, 0.05) is 0 Å². The number of para-hydroxylation sites is 1. The largest absolute Gasteiger partial charge is 0.308 e. The molecule has 2 rings (SSSR count). The molecular formula is C17H26N4. The van der Waals surface area contributed by atoms with E-state index in [4.69, 9.17) is 0 Å². The second-order valence-corrected chi connectivity index (χ2v) is 6.14. The molecule has 0 bridgehead atoms. The SMILES string of the molecule is CCCNC(c1cnnn1-c1ccccc1)C(C)(C)CC. The van der Waals surface area contributed by atoms with Gasteiger partial charge in [0.15, 0.2) is 0 Å². The lowest BCUT2D eigenvalue weighted by molar-refractivity contribution is 0.227. The number of nitrogens with zero attached hydrogens (tertiary/aromatic N) is 3. The summed E-state index contributed by atoms with van der Waals surface area (Å²) in [6.45, 7) is 10.0. The van der Waals surface area contributed by atoms with Crippen LogP contribution in [0.1, 0.15) is 52.3 Å². The molecule has 0 amide bonds. The highest BCUT2D eigenvalue weighted by atomic mass is 15.4. The molecule has 21 heavy (non-hydrogen) atoms. The topological polar surface area (TPSA) is 42.7 Å². The van der Waals surface area contributed by atoms with E-state index >= 15 is 0 Å². The third kappa shape index (κ3) is 3.50. The molecule has 1 heterocycles. The lowest BCUT2D eigenvalue weighted by Crippen LogP contribution is -2.35. The van der Waals surface area contributed by atoms with Crippen molar-refractivity contribution in [3.8, 4) is 5.69 Å². The van der Waals surface area contributed by atoms with E-state index in [1.54, 1.807) is 0 Å². The molecule has 2 aromatic rings. The molecule has 1 aromatic heterocycles. The number of hydrogen-bond acceptors (Lipinski definition) is 3. The van der Waals surface area contributed by atoms with Crippen LogP contribution in [-0.2, 0) is 0 Å². The van der Waals surface area contributed by atoms with Crippen LogP contribution in [0.3, 0.4) is 0 Å². The van der Waals surface area contributed by atoms with E-state index in [0.29, 0.717) is 0 Å². The van der Waals surface area contributed by atoms with Crippen molar-refractivity contribution in [2.24, 2.45) is 5.41 Å². The minimum absolute atomic E-state index is 0.142. The first kappa shape index (κ1) is 15.7. The minimum Gasteiger partial charge on any atom is -0.308 e. The Hall–Kier alpha value is -1.68. The van der Waals surface area contributed by atoms with Gasteiger partial charge in [-0.1, -0.05) is 51.1 Å². The first-order valence-corrected chi connectivity index (χ1v) is 7.79. The van der Waals surface area contributed by atoms with Gasteiger partial charge in [-0.2, -0.15) is 0 Å². The number of aromatic nitrogens is 3. The molecule has 0 radical (unpaired) electrons. The van der Waals surface area contributed by atoms with Crippen molar-refractivity contribution in [1.29, 1.82) is 0 Å². The van der Waals surface area contributed by atoms with Crippen molar-refractivity contribution in [2.75, 3.05) is 6.54 Å². The van der Waals surface area contributed by atoms with Crippen LogP contribution in [0.4, 0.5) is 0 Å². The summed E-state index contributed by atoms with van der Waals surface area (Å²) < 4.78 is 1.95. The van der Waals surface area contributed by atoms with Gasteiger partial charge in [-0.05, 0) is 36.9 Å². The van der Waals surface area contributed by atoms with Gasteiger partial charge in [0.05, 0.1) is 23.6 Å². The summed E-state index contributed by atoms with van der Waals surface area (Å²) in [5.74, 6) is 0. The summed E-state index contributed by atoms with van der Waals surface area (Å²) >= 11 is 0. The van der Waals surface area contributed by atoms with Crippen molar-refractivity contribution >= 4 is 0 Å². The van der Waals surface area contributed by atoms with Crippen molar-refractivity contribution in [3.63, 3.8) is 0 Å². The van der Waals surface area contributed by atoms with Crippen LogP contribution in [0, 0.1) is 5.41 Å². The number of rotatable bonds is 7. The molecule has 0 aliphatic heterocycles. The second-order valence-electron chi connectivity index (χ2n) is 6.14. The maximum absolute atomic E-state index is 4.29. The summed E-state index contributed by atoms with van der Waals surface area (Å²) in [6.07, 6.45) is 4.09. The summed E-state index contributed by atoms with van der Waals surface area (Å²) in [7, 11) is 0. The Balaban J connectivity index is 2.40. The summed E-state index contributed by atoms with van der Waals surface area (Å²) in [5, 5.41) is 12.1. The van der Waals surface area contributed by atoms with Crippen LogP contribution < -0.4 is 5.32 Å². The number of benzene rings is 1. The van der Waals surface area contributed by atoms with Gasteiger partial charge in [0.2, 0.25) is 0 Å². The van der Waals surface area contributed by atoms with Gasteiger partial charge in [0.25, 0.3) is 0 Å². The fourth-order valence-corrected chi connectivity index (χ4v) is 2.48. The van der Waals surface area contributed by atoms with Crippen molar-refractivity contribution < 1.29 is 0 Å². The second kappa shape index (κ2) is 6.85. The van der Waals surface area contributed by atoms with Crippen LogP contribution >= 0.6 is 0 Å². The molecule has 1 atom stereocenters.